The van der Waals surface area contributed by atoms with Crippen molar-refractivity contribution in [3.8, 4) is 11.4 Å². The van der Waals surface area contributed by atoms with E-state index in [-0.39, 0.29) is 18.0 Å². The molecule has 2 aromatic heterocycles. The molecule has 1 amide bonds. The van der Waals surface area contributed by atoms with Gasteiger partial charge in [-0.1, -0.05) is 16.8 Å². The summed E-state index contributed by atoms with van der Waals surface area (Å²) in [5.74, 6) is 0.801. The normalized spacial score (nSPS) is 19.9. The van der Waals surface area contributed by atoms with Crippen molar-refractivity contribution < 1.29 is 9.32 Å². The Bertz CT molecular complexity index is 931. The molecular formula is C18H17ClN6O2. The first kappa shape index (κ1) is 17.6. The van der Waals surface area contributed by atoms with Crippen LogP contribution in [0.25, 0.3) is 11.4 Å². The van der Waals surface area contributed by atoms with E-state index in [2.05, 4.69) is 30.3 Å². The molecule has 2 unspecified atom stereocenters. The number of carbonyl (C=O) groups excluding carboxylic acids is 1. The minimum atomic E-state index is -0.241. The molecule has 1 aliphatic rings. The molecule has 1 fully saturated rings. The lowest BCUT2D eigenvalue weighted by atomic mass is 10.1. The van der Waals surface area contributed by atoms with Crippen molar-refractivity contribution in [1.82, 2.24) is 30.3 Å². The number of halogens is 1. The number of rotatable bonds is 4. The van der Waals surface area contributed by atoms with Gasteiger partial charge in [-0.3, -0.25) is 14.7 Å². The number of benzene rings is 1. The smallest absolute Gasteiger partial charge is 0.271 e. The molecule has 0 bridgehead atoms. The van der Waals surface area contributed by atoms with Crippen LogP contribution in [-0.2, 0) is 0 Å². The maximum atomic E-state index is 12.3. The zero-order valence-electron chi connectivity index (χ0n) is 14.5. The van der Waals surface area contributed by atoms with E-state index in [0.717, 1.165) is 5.56 Å². The summed E-state index contributed by atoms with van der Waals surface area (Å²) in [7, 11) is 1.96. The van der Waals surface area contributed by atoms with Crippen LogP contribution in [0.2, 0.25) is 5.02 Å². The van der Waals surface area contributed by atoms with Gasteiger partial charge in [-0.25, -0.2) is 4.98 Å². The number of likely N-dealkylation sites (N-methyl/N-ethyl adjacent to an activating group) is 1. The fourth-order valence-corrected chi connectivity index (χ4v) is 3.28. The van der Waals surface area contributed by atoms with Crippen molar-refractivity contribution in [2.75, 3.05) is 13.6 Å². The molecule has 0 aliphatic carbocycles. The van der Waals surface area contributed by atoms with Crippen molar-refractivity contribution in [2.45, 2.75) is 18.5 Å². The third-order valence-corrected chi connectivity index (χ3v) is 4.76. The summed E-state index contributed by atoms with van der Waals surface area (Å²) in [5, 5.41) is 7.70. The lowest BCUT2D eigenvalue weighted by Gasteiger charge is -2.14. The third-order valence-electron chi connectivity index (χ3n) is 4.51. The second kappa shape index (κ2) is 7.42. The lowest BCUT2D eigenvalue weighted by molar-refractivity contribution is 0.0933. The average Bonchev–Trinajstić information content (AvgIpc) is 3.30. The van der Waals surface area contributed by atoms with Gasteiger partial charge >= 0.3 is 0 Å². The van der Waals surface area contributed by atoms with E-state index >= 15 is 0 Å². The maximum absolute atomic E-state index is 12.3. The first-order valence-corrected chi connectivity index (χ1v) is 8.84. The molecular weight excluding hydrogens is 368 g/mol. The Balaban J connectivity index is 1.44. The Hall–Kier alpha value is -2.84. The van der Waals surface area contributed by atoms with Gasteiger partial charge in [-0.05, 0) is 37.7 Å². The highest BCUT2D eigenvalue weighted by atomic mass is 35.5. The van der Waals surface area contributed by atoms with E-state index in [1.807, 2.05) is 19.2 Å². The van der Waals surface area contributed by atoms with Crippen LogP contribution >= 0.6 is 11.6 Å². The highest BCUT2D eigenvalue weighted by Crippen LogP contribution is 2.31. The van der Waals surface area contributed by atoms with Gasteiger partial charge in [0.05, 0.1) is 12.2 Å². The third kappa shape index (κ3) is 3.81. The van der Waals surface area contributed by atoms with Gasteiger partial charge in [0.25, 0.3) is 5.91 Å². The highest BCUT2D eigenvalue weighted by molar-refractivity contribution is 6.30. The first-order valence-electron chi connectivity index (χ1n) is 8.47. The number of hydrogen-bond donors (Lipinski definition) is 1. The molecule has 4 rings (SSSR count). The molecule has 0 radical (unpaired) electrons. The van der Waals surface area contributed by atoms with Crippen molar-refractivity contribution in [3.05, 3.63) is 59.5 Å². The van der Waals surface area contributed by atoms with E-state index in [1.54, 1.807) is 12.1 Å². The van der Waals surface area contributed by atoms with Crippen LogP contribution < -0.4 is 5.32 Å². The van der Waals surface area contributed by atoms with Gasteiger partial charge in [-0.2, -0.15) is 4.98 Å². The quantitative estimate of drug-likeness (QED) is 0.737. The molecule has 3 heterocycles. The molecule has 1 aliphatic heterocycles. The average molecular weight is 385 g/mol. The number of nitrogens with one attached hydrogen (secondary N) is 1. The number of likely N-dealkylation sites (tertiary alicyclic amines) is 1. The standard InChI is InChI=1S/C18H17ClN6O2/c1-25-10-13(22-17(26)14-9-20-6-7-21-14)8-15(25)18-23-16(24-27-18)11-2-4-12(19)5-3-11/h2-7,9,13,15H,8,10H2,1H3,(H,22,26). The molecule has 2 atom stereocenters. The number of nitrogens with zero attached hydrogens (tertiary/aromatic N) is 5. The molecule has 9 heteroatoms. The van der Waals surface area contributed by atoms with Crippen LogP contribution in [0, 0.1) is 0 Å². The second-order valence-corrected chi connectivity index (χ2v) is 6.85. The van der Waals surface area contributed by atoms with E-state index in [9.17, 15) is 4.79 Å². The van der Waals surface area contributed by atoms with E-state index in [4.69, 9.17) is 16.1 Å². The molecule has 138 valence electrons. The number of aromatic nitrogens is 4. The minimum Gasteiger partial charge on any atom is -0.347 e. The van der Waals surface area contributed by atoms with Crippen molar-refractivity contribution >= 4 is 17.5 Å². The molecule has 0 saturated carbocycles. The Kier molecular flexibility index (Phi) is 4.83. The van der Waals surface area contributed by atoms with Crippen LogP contribution in [-0.4, -0.2) is 50.5 Å². The zero-order chi connectivity index (χ0) is 18.8. The monoisotopic (exact) mass is 384 g/mol. The fourth-order valence-electron chi connectivity index (χ4n) is 3.16. The maximum Gasteiger partial charge on any atom is 0.271 e. The number of carbonyl (C=O) groups is 1. The minimum absolute atomic E-state index is 0.0413. The van der Waals surface area contributed by atoms with Gasteiger partial charge in [-0.15, -0.1) is 0 Å². The first-order chi connectivity index (χ1) is 13.1. The Morgan fingerprint density at radius 2 is 2.11 bits per heavy atom. The molecule has 1 aromatic carbocycles. The van der Waals surface area contributed by atoms with Crippen molar-refractivity contribution in [3.63, 3.8) is 0 Å². The summed E-state index contributed by atoms with van der Waals surface area (Å²) < 4.78 is 5.47. The molecule has 1 N–H and O–H groups in total. The Morgan fingerprint density at radius 1 is 1.30 bits per heavy atom. The summed E-state index contributed by atoms with van der Waals surface area (Å²) in [6, 6.07) is 7.16. The van der Waals surface area contributed by atoms with Gasteiger partial charge in [0.2, 0.25) is 11.7 Å². The zero-order valence-corrected chi connectivity index (χ0v) is 15.3. The van der Waals surface area contributed by atoms with Gasteiger partial charge in [0.1, 0.15) is 5.69 Å². The van der Waals surface area contributed by atoms with Gasteiger partial charge < -0.3 is 9.84 Å². The summed E-state index contributed by atoms with van der Waals surface area (Å²) >= 11 is 5.92. The predicted octanol–water partition coefficient (Wildman–Crippen LogP) is 2.36. The van der Waals surface area contributed by atoms with Crippen LogP contribution in [0.4, 0.5) is 0 Å². The molecule has 1 saturated heterocycles. The summed E-state index contributed by atoms with van der Waals surface area (Å²) in [6.07, 6.45) is 5.14. The molecule has 0 spiro atoms. The summed E-state index contributed by atoms with van der Waals surface area (Å²) in [6.45, 7) is 0.676. The number of amides is 1. The highest BCUT2D eigenvalue weighted by Gasteiger charge is 2.35. The van der Waals surface area contributed by atoms with Gasteiger partial charge in [0, 0.05) is 35.6 Å². The van der Waals surface area contributed by atoms with Crippen molar-refractivity contribution in [1.29, 1.82) is 0 Å². The van der Waals surface area contributed by atoms with E-state index in [0.29, 0.717) is 35.4 Å². The Morgan fingerprint density at radius 3 is 2.85 bits per heavy atom. The summed E-state index contributed by atoms with van der Waals surface area (Å²) in [5.41, 5.74) is 1.13. The fraction of sp³-hybridized carbons (Fsp3) is 0.278. The molecule has 8 nitrogen and oxygen atoms in total. The van der Waals surface area contributed by atoms with Crippen LogP contribution in [0.3, 0.4) is 0 Å². The summed E-state index contributed by atoms with van der Waals surface area (Å²) in [4.78, 5) is 26.8. The topological polar surface area (TPSA) is 97.0 Å². The van der Waals surface area contributed by atoms with E-state index < -0.39 is 0 Å². The molecule has 3 aromatic rings. The van der Waals surface area contributed by atoms with Crippen LogP contribution in [0.15, 0.2) is 47.4 Å². The van der Waals surface area contributed by atoms with Crippen LogP contribution in [0.5, 0.6) is 0 Å². The van der Waals surface area contributed by atoms with Crippen molar-refractivity contribution in [2.24, 2.45) is 0 Å². The van der Waals surface area contributed by atoms with Crippen LogP contribution in [0.1, 0.15) is 28.8 Å². The lowest BCUT2D eigenvalue weighted by Crippen LogP contribution is -2.36. The van der Waals surface area contributed by atoms with Gasteiger partial charge in [0.15, 0.2) is 0 Å². The SMILES string of the molecule is CN1CC(NC(=O)c2cnccn2)CC1c1nc(-c2ccc(Cl)cc2)no1. The largest absolute Gasteiger partial charge is 0.347 e. The van der Waals surface area contributed by atoms with E-state index in [1.165, 1.54) is 18.6 Å². The Labute approximate surface area is 160 Å². The predicted molar refractivity (Wildman–Crippen MR) is 98.0 cm³/mol. The second-order valence-electron chi connectivity index (χ2n) is 6.42. The number of hydrogen-bond acceptors (Lipinski definition) is 7. The molecule has 27 heavy (non-hydrogen) atoms.